The van der Waals surface area contributed by atoms with E-state index in [4.69, 9.17) is 0 Å². The van der Waals surface area contributed by atoms with Gasteiger partial charge in [-0.15, -0.1) is 0 Å². The molecule has 0 bridgehead atoms. The molecule has 1 atom stereocenters. The first kappa shape index (κ1) is 12.6. The minimum Gasteiger partial charge on any atom is -0.207 e. The molecule has 0 radical (unpaired) electrons. The van der Waals surface area contributed by atoms with E-state index < -0.39 is 11.6 Å². The summed E-state index contributed by atoms with van der Waals surface area (Å²) in [5.74, 6) is -1.00. The molecule has 1 aromatic carbocycles. The highest BCUT2D eigenvalue weighted by Crippen LogP contribution is 2.29. The van der Waals surface area contributed by atoms with Crippen LogP contribution in [-0.2, 0) is 6.42 Å². The Bertz CT molecular complexity index is 312. The van der Waals surface area contributed by atoms with E-state index in [0.717, 1.165) is 23.4 Å². The lowest BCUT2D eigenvalue weighted by Crippen LogP contribution is -2.20. The van der Waals surface area contributed by atoms with E-state index in [1.807, 2.05) is 0 Å². The number of hydrogen-bond acceptors (Lipinski definition) is 0. The van der Waals surface area contributed by atoms with Crippen LogP contribution in [-0.4, -0.2) is 5.33 Å². The van der Waals surface area contributed by atoms with Gasteiger partial charge in [-0.05, 0) is 36.0 Å². The minimum atomic E-state index is -0.502. The van der Waals surface area contributed by atoms with E-state index in [0.29, 0.717) is 6.42 Å². The fourth-order valence-electron chi connectivity index (χ4n) is 1.47. The van der Waals surface area contributed by atoms with E-state index >= 15 is 0 Å². The second kappa shape index (κ2) is 5.06. The van der Waals surface area contributed by atoms with Gasteiger partial charge in [0, 0.05) is 11.4 Å². The molecule has 1 unspecified atom stereocenters. The highest BCUT2D eigenvalue weighted by Gasteiger charge is 2.21. The van der Waals surface area contributed by atoms with Crippen molar-refractivity contribution in [2.24, 2.45) is 5.41 Å². The van der Waals surface area contributed by atoms with Crippen LogP contribution in [0.2, 0.25) is 0 Å². The normalized spacial score (nSPS) is 15.0. The van der Waals surface area contributed by atoms with Crippen molar-refractivity contribution >= 4 is 15.9 Å². The molecule has 15 heavy (non-hydrogen) atoms. The molecular formula is C12H15BrF2. The molecule has 0 N–H and O–H groups in total. The van der Waals surface area contributed by atoms with E-state index in [9.17, 15) is 8.78 Å². The molecule has 0 saturated heterocycles. The molecule has 1 rings (SSSR count). The third-order valence-corrected chi connectivity index (χ3v) is 4.08. The number of halogens is 3. The van der Waals surface area contributed by atoms with Crippen LogP contribution >= 0.6 is 15.9 Å². The maximum absolute atomic E-state index is 13.0. The Hall–Kier alpha value is -0.440. The van der Waals surface area contributed by atoms with Gasteiger partial charge in [-0.2, -0.15) is 0 Å². The van der Waals surface area contributed by atoms with Gasteiger partial charge >= 0.3 is 0 Å². The Balaban J connectivity index is 2.88. The van der Waals surface area contributed by atoms with Crippen LogP contribution in [0.4, 0.5) is 8.78 Å². The van der Waals surface area contributed by atoms with Gasteiger partial charge in [0.1, 0.15) is 11.6 Å². The van der Waals surface area contributed by atoms with Gasteiger partial charge in [-0.1, -0.05) is 29.8 Å². The van der Waals surface area contributed by atoms with Crippen molar-refractivity contribution in [3.63, 3.8) is 0 Å². The summed E-state index contributed by atoms with van der Waals surface area (Å²) in [4.78, 5) is 0. The van der Waals surface area contributed by atoms with Crippen LogP contribution in [0.3, 0.4) is 0 Å². The second-order valence-corrected chi connectivity index (χ2v) is 4.81. The fourth-order valence-corrected chi connectivity index (χ4v) is 2.07. The molecule has 0 aliphatic rings. The number of hydrogen-bond donors (Lipinski definition) is 0. The van der Waals surface area contributed by atoms with Gasteiger partial charge in [0.05, 0.1) is 0 Å². The van der Waals surface area contributed by atoms with E-state index in [1.165, 1.54) is 12.1 Å². The Morgan fingerprint density at radius 2 is 1.73 bits per heavy atom. The quantitative estimate of drug-likeness (QED) is 0.719. The topological polar surface area (TPSA) is 0 Å². The summed E-state index contributed by atoms with van der Waals surface area (Å²) in [7, 11) is 0. The first-order chi connectivity index (χ1) is 6.99. The fraction of sp³-hybridized carbons (Fsp3) is 0.500. The van der Waals surface area contributed by atoms with E-state index in [1.54, 1.807) is 0 Å². The van der Waals surface area contributed by atoms with Crippen molar-refractivity contribution in [3.8, 4) is 0 Å². The van der Waals surface area contributed by atoms with Gasteiger partial charge in [0.2, 0.25) is 0 Å². The molecule has 0 amide bonds. The molecule has 0 spiro atoms. The van der Waals surface area contributed by atoms with Crippen molar-refractivity contribution in [2.45, 2.75) is 26.7 Å². The lowest BCUT2D eigenvalue weighted by molar-refractivity contribution is 0.360. The third-order valence-electron chi connectivity index (χ3n) is 2.73. The molecule has 0 fully saturated rings. The monoisotopic (exact) mass is 276 g/mol. The highest BCUT2D eigenvalue weighted by atomic mass is 79.9. The number of rotatable bonds is 4. The molecule has 0 saturated carbocycles. The van der Waals surface area contributed by atoms with Gasteiger partial charge in [0.15, 0.2) is 0 Å². The SMILES string of the molecule is CCC(C)(CBr)Cc1cc(F)cc(F)c1. The van der Waals surface area contributed by atoms with Gasteiger partial charge in [0.25, 0.3) is 0 Å². The predicted octanol–water partition coefficient (Wildman–Crippen LogP) is 4.32. The molecule has 84 valence electrons. The summed E-state index contributed by atoms with van der Waals surface area (Å²) in [5, 5.41) is 0.828. The Morgan fingerprint density at radius 3 is 2.13 bits per heavy atom. The third kappa shape index (κ3) is 3.56. The average molecular weight is 277 g/mol. The molecule has 0 aliphatic heterocycles. The smallest absolute Gasteiger partial charge is 0.126 e. The highest BCUT2D eigenvalue weighted by molar-refractivity contribution is 9.09. The standard InChI is InChI=1S/C12H15BrF2/c1-3-12(2,8-13)7-9-4-10(14)6-11(15)5-9/h4-6H,3,7-8H2,1-2H3. The van der Waals surface area contributed by atoms with Crippen molar-refractivity contribution in [1.29, 1.82) is 0 Å². The zero-order valence-corrected chi connectivity index (χ0v) is 10.6. The molecule has 0 aliphatic carbocycles. The zero-order valence-electron chi connectivity index (χ0n) is 8.99. The molecule has 0 aromatic heterocycles. The van der Waals surface area contributed by atoms with Crippen LogP contribution < -0.4 is 0 Å². The van der Waals surface area contributed by atoms with Gasteiger partial charge in [-0.3, -0.25) is 0 Å². The van der Waals surface area contributed by atoms with Crippen molar-refractivity contribution in [2.75, 3.05) is 5.33 Å². The summed E-state index contributed by atoms with van der Waals surface area (Å²) in [5.41, 5.74) is 0.775. The first-order valence-corrected chi connectivity index (χ1v) is 6.12. The number of benzene rings is 1. The Labute approximate surface area is 97.8 Å². The lowest BCUT2D eigenvalue weighted by atomic mass is 9.83. The first-order valence-electron chi connectivity index (χ1n) is 5.00. The van der Waals surface area contributed by atoms with E-state index in [-0.39, 0.29) is 5.41 Å². The molecule has 0 nitrogen and oxygen atoms in total. The summed E-state index contributed by atoms with van der Waals surface area (Å²) in [6, 6.07) is 3.71. The largest absolute Gasteiger partial charge is 0.207 e. The van der Waals surface area contributed by atoms with Gasteiger partial charge in [-0.25, -0.2) is 8.78 Å². The lowest BCUT2D eigenvalue weighted by Gasteiger charge is -2.25. The van der Waals surface area contributed by atoms with Crippen LogP contribution in [0, 0.1) is 17.0 Å². The molecule has 0 heterocycles. The van der Waals surface area contributed by atoms with Crippen molar-refractivity contribution in [3.05, 3.63) is 35.4 Å². The second-order valence-electron chi connectivity index (χ2n) is 4.25. The summed E-state index contributed by atoms with van der Waals surface area (Å²) in [6.45, 7) is 4.18. The predicted molar refractivity (Wildman–Crippen MR) is 62.3 cm³/mol. The molecular weight excluding hydrogens is 262 g/mol. The van der Waals surface area contributed by atoms with Crippen molar-refractivity contribution < 1.29 is 8.78 Å². The van der Waals surface area contributed by atoms with Crippen LogP contribution in [0.25, 0.3) is 0 Å². The van der Waals surface area contributed by atoms with E-state index in [2.05, 4.69) is 29.8 Å². The van der Waals surface area contributed by atoms with Crippen LogP contribution in [0.5, 0.6) is 0 Å². The van der Waals surface area contributed by atoms with Crippen molar-refractivity contribution in [1.82, 2.24) is 0 Å². The minimum absolute atomic E-state index is 0.0558. The number of alkyl halides is 1. The average Bonchev–Trinajstić information content (AvgIpc) is 2.16. The maximum atomic E-state index is 13.0. The van der Waals surface area contributed by atoms with Crippen LogP contribution in [0.1, 0.15) is 25.8 Å². The Kier molecular flexibility index (Phi) is 4.26. The molecule has 3 heteroatoms. The molecule has 1 aromatic rings. The van der Waals surface area contributed by atoms with Gasteiger partial charge < -0.3 is 0 Å². The maximum Gasteiger partial charge on any atom is 0.126 e. The van der Waals surface area contributed by atoms with Crippen LogP contribution in [0.15, 0.2) is 18.2 Å². The summed E-state index contributed by atoms with van der Waals surface area (Å²) >= 11 is 3.44. The summed E-state index contributed by atoms with van der Waals surface area (Å²) < 4.78 is 25.9. The Morgan fingerprint density at radius 1 is 1.20 bits per heavy atom. The summed E-state index contributed by atoms with van der Waals surface area (Å²) in [6.07, 6.45) is 1.65. The zero-order chi connectivity index (χ0) is 11.5.